The summed E-state index contributed by atoms with van der Waals surface area (Å²) in [4.78, 5) is 17.6. The predicted molar refractivity (Wildman–Crippen MR) is 123 cm³/mol. The van der Waals surface area contributed by atoms with E-state index in [4.69, 9.17) is 9.47 Å². The number of rotatable bonds is 9. The van der Waals surface area contributed by atoms with Gasteiger partial charge in [0.15, 0.2) is 0 Å². The van der Waals surface area contributed by atoms with E-state index in [1.807, 2.05) is 0 Å². The molecule has 0 radical (unpaired) electrons. The number of tetrazole rings is 1. The van der Waals surface area contributed by atoms with E-state index in [1.165, 1.54) is 29.3 Å². The Hall–Kier alpha value is -3.46. The first-order valence-electron chi connectivity index (χ1n) is 10.7. The number of benzene rings is 1. The molecule has 0 bridgehead atoms. The van der Waals surface area contributed by atoms with Gasteiger partial charge in [0.2, 0.25) is 15.8 Å². The van der Waals surface area contributed by atoms with Gasteiger partial charge in [-0.05, 0) is 47.2 Å². The van der Waals surface area contributed by atoms with Gasteiger partial charge in [-0.3, -0.25) is 4.79 Å². The Kier molecular flexibility index (Phi) is 7.07. The fourth-order valence-corrected chi connectivity index (χ4v) is 5.29. The molecule has 3 aromatic rings. The van der Waals surface area contributed by atoms with Crippen LogP contribution in [0.3, 0.4) is 0 Å². The van der Waals surface area contributed by atoms with Gasteiger partial charge >= 0.3 is 0 Å². The van der Waals surface area contributed by atoms with Crippen molar-refractivity contribution < 1.29 is 27.8 Å². The van der Waals surface area contributed by atoms with Gasteiger partial charge in [0.1, 0.15) is 17.3 Å². The Bertz CT molecular complexity index is 1340. The molecular formula is C21H25N7O6S. The van der Waals surface area contributed by atoms with Crippen molar-refractivity contribution in [2.24, 2.45) is 0 Å². The number of aliphatic hydroxyl groups is 1. The van der Waals surface area contributed by atoms with Crippen LogP contribution in [0.15, 0.2) is 35.2 Å². The van der Waals surface area contributed by atoms with Crippen molar-refractivity contribution in [3.8, 4) is 17.3 Å². The topological polar surface area (TPSA) is 162 Å². The summed E-state index contributed by atoms with van der Waals surface area (Å²) in [6.07, 6.45) is 0. The van der Waals surface area contributed by atoms with Crippen LogP contribution in [0.4, 0.5) is 5.82 Å². The van der Waals surface area contributed by atoms with E-state index >= 15 is 0 Å². The lowest BCUT2D eigenvalue weighted by Crippen LogP contribution is -2.27. The van der Waals surface area contributed by atoms with Crippen molar-refractivity contribution in [3.63, 3.8) is 0 Å². The standard InChI is InChI=1S/C21H25N7O6S/c1-13(12-29)28-20(24-25-26-28)16-5-4-6-19(22-16)23-21(30)15-10-18-14(9-17(15)34-3)11-27(7-8-33-2)35(18,31)32/h4-6,9-10,13,29H,7-8,11-12H2,1-3H3,(H,22,23,30)/t13-/m1/s1. The number of methoxy groups -OCH3 is 2. The van der Waals surface area contributed by atoms with Crippen LogP contribution >= 0.6 is 0 Å². The molecule has 1 aliphatic rings. The summed E-state index contributed by atoms with van der Waals surface area (Å²) in [5, 5.41) is 23.6. The second-order valence-electron chi connectivity index (χ2n) is 7.83. The number of amides is 1. The summed E-state index contributed by atoms with van der Waals surface area (Å²) in [6.45, 7) is 2.20. The van der Waals surface area contributed by atoms with Crippen molar-refractivity contribution in [1.82, 2.24) is 29.5 Å². The second-order valence-corrected chi connectivity index (χ2v) is 9.74. The zero-order valence-corrected chi connectivity index (χ0v) is 20.2. The SMILES string of the molecule is COCCN1Cc2cc(OC)c(C(=O)Nc3cccc(-c4nnnn4[C@H](C)CO)n3)cc2S1(=O)=O. The Morgan fingerprint density at radius 1 is 1.29 bits per heavy atom. The molecule has 0 aliphatic carbocycles. The number of ether oxygens (including phenoxy) is 2. The van der Waals surface area contributed by atoms with Gasteiger partial charge in [-0.2, -0.15) is 4.31 Å². The number of carbonyl (C=O) groups is 1. The van der Waals surface area contributed by atoms with Crippen LogP contribution in [0, 0.1) is 0 Å². The number of carbonyl (C=O) groups excluding carboxylic acids is 1. The number of sulfonamides is 1. The van der Waals surface area contributed by atoms with Crippen molar-refractivity contribution >= 4 is 21.7 Å². The lowest BCUT2D eigenvalue weighted by atomic mass is 10.1. The molecule has 0 saturated heterocycles. The van der Waals surface area contributed by atoms with Gasteiger partial charge in [0.25, 0.3) is 5.91 Å². The largest absolute Gasteiger partial charge is 0.496 e. The molecular weight excluding hydrogens is 478 g/mol. The molecule has 14 heteroatoms. The average molecular weight is 504 g/mol. The maximum atomic E-state index is 13.1. The summed E-state index contributed by atoms with van der Waals surface area (Å²) in [6, 6.07) is 7.41. The van der Waals surface area contributed by atoms with Crippen molar-refractivity contribution in [3.05, 3.63) is 41.5 Å². The van der Waals surface area contributed by atoms with E-state index < -0.39 is 15.9 Å². The molecule has 1 aromatic carbocycles. The number of nitrogens with zero attached hydrogens (tertiary/aromatic N) is 6. The minimum absolute atomic E-state index is 0.0503. The van der Waals surface area contributed by atoms with Crippen LogP contribution in [0.25, 0.3) is 11.5 Å². The predicted octanol–water partition coefficient (Wildman–Crippen LogP) is 0.700. The average Bonchev–Trinajstić information content (AvgIpc) is 3.44. The summed E-state index contributed by atoms with van der Waals surface area (Å²) in [5.74, 6) is 0.163. The first-order chi connectivity index (χ1) is 16.8. The highest BCUT2D eigenvalue weighted by Crippen LogP contribution is 2.35. The maximum Gasteiger partial charge on any atom is 0.260 e. The summed E-state index contributed by atoms with van der Waals surface area (Å²) >= 11 is 0. The maximum absolute atomic E-state index is 13.1. The van der Waals surface area contributed by atoms with E-state index in [0.717, 1.165) is 0 Å². The molecule has 186 valence electrons. The van der Waals surface area contributed by atoms with Gasteiger partial charge in [-0.15, -0.1) is 5.10 Å². The lowest BCUT2D eigenvalue weighted by Gasteiger charge is -2.13. The quantitative estimate of drug-likeness (QED) is 0.425. The number of aromatic nitrogens is 5. The van der Waals surface area contributed by atoms with E-state index in [0.29, 0.717) is 17.1 Å². The number of anilines is 1. The minimum atomic E-state index is -3.77. The van der Waals surface area contributed by atoms with Crippen LogP contribution in [-0.4, -0.2) is 82.9 Å². The first kappa shape index (κ1) is 24.7. The van der Waals surface area contributed by atoms with E-state index in [-0.39, 0.29) is 54.4 Å². The zero-order chi connectivity index (χ0) is 25.2. The van der Waals surface area contributed by atoms with Gasteiger partial charge in [-0.25, -0.2) is 18.1 Å². The highest BCUT2D eigenvalue weighted by atomic mass is 32.2. The van der Waals surface area contributed by atoms with E-state index in [2.05, 4.69) is 25.8 Å². The van der Waals surface area contributed by atoms with Gasteiger partial charge < -0.3 is 19.9 Å². The monoisotopic (exact) mass is 503 g/mol. The molecule has 2 N–H and O–H groups in total. The second kappa shape index (κ2) is 10.0. The molecule has 0 unspecified atom stereocenters. The van der Waals surface area contributed by atoms with Gasteiger partial charge in [0.05, 0.1) is 36.8 Å². The zero-order valence-electron chi connectivity index (χ0n) is 19.4. The number of hydrogen-bond acceptors (Lipinski definition) is 10. The molecule has 2 aromatic heterocycles. The molecule has 0 fully saturated rings. The van der Waals surface area contributed by atoms with Crippen LogP contribution in [0.1, 0.15) is 28.9 Å². The van der Waals surface area contributed by atoms with Crippen LogP contribution in [0.2, 0.25) is 0 Å². The molecule has 35 heavy (non-hydrogen) atoms. The summed E-state index contributed by atoms with van der Waals surface area (Å²) in [7, 11) is -0.861. The molecule has 4 rings (SSSR count). The summed E-state index contributed by atoms with van der Waals surface area (Å²) < 4.78 is 39.0. The third kappa shape index (κ3) is 4.73. The highest BCUT2D eigenvalue weighted by Gasteiger charge is 2.36. The molecule has 3 heterocycles. The van der Waals surface area contributed by atoms with E-state index in [1.54, 1.807) is 31.2 Å². The van der Waals surface area contributed by atoms with E-state index in [9.17, 15) is 18.3 Å². The Morgan fingerprint density at radius 3 is 2.80 bits per heavy atom. The normalized spacial score (nSPS) is 15.5. The minimum Gasteiger partial charge on any atom is -0.496 e. The third-order valence-electron chi connectivity index (χ3n) is 5.53. The number of fused-ring (bicyclic) bond motifs is 1. The fourth-order valence-electron chi connectivity index (χ4n) is 3.67. The van der Waals surface area contributed by atoms with Crippen LogP contribution in [0.5, 0.6) is 5.75 Å². The molecule has 1 atom stereocenters. The van der Waals surface area contributed by atoms with Crippen molar-refractivity contribution in [2.75, 3.05) is 39.3 Å². The Balaban J connectivity index is 1.63. The van der Waals surface area contributed by atoms with Gasteiger partial charge in [-0.1, -0.05) is 6.07 Å². The molecule has 1 aliphatic heterocycles. The first-order valence-corrected chi connectivity index (χ1v) is 12.1. The van der Waals surface area contributed by atoms with Crippen LogP contribution < -0.4 is 10.1 Å². The van der Waals surface area contributed by atoms with Crippen LogP contribution in [-0.2, 0) is 21.3 Å². The molecule has 1 amide bonds. The third-order valence-corrected chi connectivity index (χ3v) is 7.46. The van der Waals surface area contributed by atoms with Crippen molar-refractivity contribution in [2.45, 2.75) is 24.4 Å². The Morgan fingerprint density at radius 2 is 2.09 bits per heavy atom. The lowest BCUT2D eigenvalue weighted by molar-refractivity contribution is 0.102. The fraction of sp³-hybridized carbons (Fsp3) is 0.381. The number of aliphatic hydroxyl groups excluding tert-OH is 1. The number of nitrogens with one attached hydrogen (secondary N) is 1. The highest BCUT2D eigenvalue weighted by molar-refractivity contribution is 7.89. The molecule has 13 nitrogen and oxygen atoms in total. The number of hydrogen-bond donors (Lipinski definition) is 2. The van der Waals surface area contributed by atoms with Crippen molar-refractivity contribution in [1.29, 1.82) is 0 Å². The molecule has 0 spiro atoms. The van der Waals surface area contributed by atoms with Gasteiger partial charge in [0, 0.05) is 20.2 Å². The Labute approximate surface area is 201 Å². The molecule has 0 saturated carbocycles. The smallest absolute Gasteiger partial charge is 0.260 e. The summed E-state index contributed by atoms with van der Waals surface area (Å²) in [5.41, 5.74) is 0.971. The number of pyridine rings is 1.